The summed E-state index contributed by atoms with van der Waals surface area (Å²) in [6.45, 7) is 0.339. The highest BCUT2D eigenvalue weighted by Crippen LogP contribution is 2.50. The summed E-state index contributed by atoms with van der Waals surface area (Å²) in [6.07, 6.45) is 2.20. The van der Waals surface area contributed by atoms with E-state index in [0.29, 0.717) is 46.8 Å². The maximum Gasteiger partial charge on any atom is 0.354 e. The van der Waals surface area contributed by atoms with Crippen LogP contribution in [0.1, 0.15) is 52.3 Å². The van der Waals surface area contributed by atoms with Gasteiger partial charge in [-0.2, -0.15) is 10.5 Å². The number of carbonyl (C=O) groups is 1. The summed E-state index contributed by atoms with van der Waals surface area (Å²) in [5, 5.41) is 27.7. The molecule has 0 spiro atoms. The number of carboxylic acid groups (broad SMARTS) is 1. The number of hydrogen-bond donors (Lipinski definition) is 1. The summed E-state index contributed by atoms with van der Waals surface area (Å²) >= 11 is 0. The molecule has 0 amide bonds. The van der Waals surface area contributed by atoms with Gasteiger partial charge in [-0.15, -0.1) is 0 Å². The van der Waals surface area contributed by atoms with Gasteiger partial charge in [-0.1, -0.05) is 24.3 Å². The van der Waals surface area contributed by atoms with Gasteiger partial charge in [-0.05, 0) is 54.8 Å². The normalized spacial score (nSPS) is 13.3. The van der Waals surface area contributed by atoms with E-state index < -0.39 is 17.6 Å². The first-order chi connectivity index (χ1) is 21.3. The predicted octanol–water partition coefficient (Wildman–Crippen LogP) is 6.21. The van der Waals surface area contributed by atoms with Gasteiger partial charge in [0.2, 0.25) is 5.88 Å². The fourth-order valence-corrected chi connectivity index (χ4v) is 5.10. The zero-order valence-electron chi connectivity index (χ0n) is 23.3. The van der Waals surface area contributed by atoms with Crippen LogP contribution in [0.15, 0.2) is 66.7 Å². The van der Waals surface area contributed by atoms with E-state index in [-0.39, 0.29) is 41.1 Å². The van der Waals surface area contributed by atoms with Crippen molar-refractivity contribution >= 4 is 17.1 Å². The fourth-order valence-electron chi connectivity index (χ4n) is 5.10. The second-order valence-electron chi connectivity index (χ2n) is 10.8. The minimum absolute atomic E-state index is 0.0965. The zero-order valence-corrected chi connectivity index (χ0v) is 23.3. The average Bonchev–Trinajstić information content (AvgIpc) is 3.70. The van der Waals surface area contributed by atoms with Crippen LogP contribution in [0.25, 0.3) is 22.4 Å². The van der Waals surface area contributed by atoms with E-state index in [9.17, 15) is 19.6 Å². The van der Waals surface area contributed by atoms with Crippen LogP contribution in [-0.2, 0) is 19.6 Å². The molecule has 1 saturated carbocycles. The molecule has 1 fully saturated rings. The summed E-state index contributed by atoms with van der Waals surface area (Å²) in [5.74, 6) is -1.45. The molecule has 1 N–H and O–H groups in total. The SMILES string of the molecule is N#CCC1(Cn2c(Cc3ccc(-c4cccc(OCc5ccc(C#N)cc5F)n4)cc3F)nc3ccc(C(=O)O)nc32)CC1. The second kappa shape index (κ2) is 11.5. The molecule has 218 valence electrons. The Kier molecular flexibility index (Phi) is 7.46. The molecule has 0 aliphatic heterocycles. The van der Waals surface area contributed by atoms with E-state index >= 15 is 4.39 Å². The number of pyridine rings is 2. The van der Waals surface area contributed by atoms with Gasteiger partial charge in [0.05, 0.1) is 23.4 Å². The van der Waals surface area contributed by atoms with Crippen molar-refractivity contribution in [1.82, 2.24) is 19.5 Å². The maximum atomic E-state index is 15.5. The molecule has 3 heterocycles. The zero-order chi connectivity index (χ0) is 30.8. The number of halogens is 2. The van der Waals surface area contributed by atoms with E-state index in [1.165, 1.54) is 24.3 Å². The van der Waals surface area contributed by atoms with Crippen LogP contribution in [0.3, 0.4) is 0 Å². The van der Waals surface area contributed by atoms with E-state index in [1.807, 2.05) is 10.6 Å². The topological polar surface area (TPSA) is 138 Å². The quantitative estimate of drug-likeness (QED) is 0.203. The summed E-state index contributed by atoms with van der Waals surface area (Å²) < 4.78 is 37.3. The van der Waals surface area contributed by atoms with Gasteiger partial charge < -0.3 is 14.4 Å². The van der Waals surface area contributed by atoms with Crippen molar-refractivity contribution < 1.29 is 23.4 Å². The van der Waals surface area contributed by atoms with Gasteiger partial charge in [0, 0.05) is 42.0 Å². The summed E-state index contributed by atoms with van der Waals surface area (Å²) in [6, 6.07) is 21.0. The summed E-state index contributed by atoms with van der Waals surface area (Å²) in [7, 11) is 0. The lowest BCUT2D eigenvalue weighted by Gasteiger charge is -2.16. The Labute approximate surface area is 250 Å². The van der Waals surface area contributed by atoms with Crippen molar-refractivity contribution in [1.29, 1.82) is 10.5 Å². The van der Waals surface area contributed by atoms with Crippen LogP contribution in [0.5, 0.6) is 5.88 Å². The van der Waals surface area contributed by atoms with Crippen molar-refractivity contribution in [2.24, 2.45) is 5.41 Å². The fraction of sp³-hybridized carbons (Fsp3) is 0.212. The Bertz CT molecular complexity index is 2010. The molecule has 6 rings (SSSR count). The molecule has 44 heavy (non-hydrogen) atoms. The van der Waals surface area contributed by atoms with Gasteiger partial charge in [-0.3, -0.25) is 0 Å². The largest absolute Gasteiger partial charge is 0.477 e. The van der Waals surface area contributed by atoms with Crippen molar-refractivity contribution in [3.8, 4) is 29.3 Å². The molecule has 0 unspecified atom stereocenters. The first-order valence-electron chi connectivity index (χ1n) is 13.8. The molecular weight excluding hydrogens is 566 g/mol. The number of rotatable bonds is 10. The maximum absolute atomic E-state index is 15.5. The number of benzene rings is 2. The number of fused-ring (bicyclic) bond motifs is 1. The van der Waals surface area contributed by atoms with Crippen LogP contribution >= 0.6 is 0 Å². The number of aromatic nitrogens is 4. The predicted molar refractivity (Wildman–Crippen MR) is 154 cm³/mol. The second-order valence-corrected chi connectivity index (χ2v) is 10.8. The number of nitrogens with zero attached hydrogens (tertiary/aromatic N) is 6. The van der Waals surface area contributed by atoms with E-state index in [2.05, 4.69) is 21.0 Å². The highest BCUT2D eigenvalue weighted by molar-refractivity contribution is 5.88. The van der Waals surface area contributed by atoms with Crippen LogP contribution < -0.4 is 4.74 Å². The lowest BCUT2D eigenvalue weighted by molar-refractivity contribution is 0.0691. The van der Waals surface area contributed by atoms with Crippen LogP contribution in [0.2, 0.25) is 0 Å². The Balaban J connectivity index is 1.25. The number of ether oxygens (including phenoxy) is 1. The molecule has 0 radical (unpaired) electrons. The summed E-state index contributed by atoms with van der Waals surface area (Å²) in [4.78, 5) is 25.0. The highest BCUT2D eigenvalue weighted by Gasteiger charge is 2.43. The van der Waals surface area contributed by atoms with Crippen molar-refractivity contribution in [3.05, 3.63) is 107 Å². The summed E-state index contributed by atoms with van der Waals surface area (Å²) in [5.41, 5.74) is 2.36. The monoisotopic (exact) mass is 590 g/mol. The molecule has 2 aromatic carbocycles. The third-order valence-electron chi connectivity index (χ3n) is 7.77. The molecule has 0 atom stereocenters. The molecule has 9 nitrogen and oxygen atoms in total. The van der Waals surface area contributed by atoms with Crippen molar-refractivity contribution in [3.63, 3.8) is 0 Å². The van der Waals surface area contributed by atoms with E-state index in [0.717, 1.165) is 18.9 Å². The van der Waals surface area contributed by atoms with Crippen LogP contribution in [0, 0.1) is 39.7 Å². The Morgan fingerprint density at radius 2 is 1.77 bits per heavy atom. The van der Waals surface area contributed by atoms with E-state index in [1.54, 1.807) is 36.4 Å². The smallest absolute Gasteiger partial charge is 0.354 e. The molecule has 0 saturated heterocycles. The minimum atomic E-state index is -1.16. The molecule has 1 aliphatic rings. The lowest BCUT2D eigenvalue weighted by atomic mass is 10.0. The van der Waals surface area contributed by atoms with Gasteiger partial charge in [0.25, 0.3) is 0 Å². The molecule has 11 heteroatoms. The van der Waals surface area contributed by atoms with Crippen molar-refractivity contribution in [2.45, 2.75) is 38.8 Å². The molecule has 5 aromatic rings. The standard InChI is InChI=1S/C33H24F2N6O3/c34-24-14-20(17-37)4-5-23(24)18-44-30-3-1-2-26(39-30)22-7-6-21(25(35)15-22)16-29-38-27-8-9-28(32(42)43)40-31(27)41(29)19-33(10-11-33)12-13-36/h1-9,14-15H,10-12,16,18-19H2,(H,42,43). The third kappa shape index (κ3) is 5.81. The molecule has 0 bridgehead atoms. The number of carboxylic acids is 1. The lowest BCUT2D eigenvalue weighted by Crippen LogP contribution is -2.15. The first kappa shape index (κ1) is 28.4. The van der Waals surface area contributed by atoms with Gasteiger partial charge in [0.15, 0.2) is 11.3 Å². The number of nitriles is 2. The number of hydrogen-bond acceptors (Lipinski definition) is 7. The first-order valence-corrected chi connectivity index (χ1v) is 13.8. The Hall–Kier alpha value is -5.68. The minimum Gasteiger partial charge on any atom is -0.477 e. The van der Waals surface area contributed by atoms with Crippen molar-refractivity contribution in [2.75, 3.05) is 0 Å². The molecule has 3 aromatic heterocycles. The third-order valence-corrected chi connectivity index (χ3v) is 7.77. The van der Waals surface area contributed by atoms with Gasteiger partial charge >= 0.3 is 5.97 Å². The van der Waals surface area contributed by atoms with Crippen LogP contribution in [0.4, 0.5) is 8.78 Å². The highest BCUT2D eigenvalue weighted by atomic mass is 19.1. The van der Waals surface area contributed by atoms with Crippen LogP contribution in [-0.4, -0.2) is 30.6 Å². The van der Waals surface area contributed by atoms with Gasteiger partial charge in [0.1, 0.15) is 29.6 Å². The average molecular weight is 591 g/mol. The van der Waals surface area contributed by atoms with Gasteiger partial charge in [-0.25, -0.2) is 28.5 Å². The number of imidazole rings is 1. The Morgan fingerprint density at radius 3 is 2.48 bits per heavy atom. The van der Waals surface area contributed by atoms with E-state index in [4.69, 9.17) is 10.00 Å². The molecule has 1 aliphatic carbocycles. The molecular formula is C33H24F2N6O3. The number of aromatic carboxylic acids is 1. The Morgan fingerprint density at radius 1 is 0.977 bits per heavy atom.